The number of nitrogen functional groups attached to an aromatic ring is 1. The van der Waals surface area contributed by atoms with Crippen molar-refractivity contribution in [2.24, 2.45) is 0 Å². The third kappa shape index (κ3) is 4.79. The van der Waals surface area contributed by atoms with Gasteiger partial charge >= 0.3 is 5.97 Å². The number of hydrogen-bond donors (Lipinski definition) is 2. The molecule has 1 aliphatic carbocycles. The summed E-state index contributed by atoms with van der Waals surface area (Å²) in [6.07, 6.45) is 5.20. The number of benzene rings is 2. The van der Waals surface area contributed by atoms with E-state index in [-0.39, 0.29) is 12.3 Å². The molecule has 0 spiro atoms. The Morgan fingerprint density at radius 2 is 1.97 bits per heavy atom. The largest absolute Gasteiger partial charge is 0.494 e. The van der Waals surface area contributed by atoms with Crippen molar-refractivity contribution in [3.63, 3.8) is 0 Å². The second kappa shape index (κ2) is 8.99. The number of carbonyl (C=O) groups is 1. The molecule has 4 rings (SSSR count). The number of carboxylic acid groups (broad SMARTS) is 1. The van der Waals surface area contributed by atoms with Crippen LogP contribution in [0.3, 0.4) is 0 Å². The van der Waals surface area contributed by atoms with Crippen molar-refractivity contribution in [2.75, 3.05) is 12.3 Å². The lowest BCUT2D eigenvalue weighted by Crippen LogP contribution is -2.09. The maximum Gasteiger partial charge on any atom is 0.303 e. The molecule has 0 radical (unpaired) electrons. The molecular weight excluding hydrogens is 376 g/mol. The molecule has 154 valence electrons. The van der Waals surface area contributed by atoms with Crippen molar-refractivity contribution < 1.29 is 14.6 Å². The second-order valence-electron chi connectivity index (χ2n) is 7.85. The van der Waals surface area contributed by atoms with Crippen LogP contribution in [-0.4, -0.2) is 22.7 Å². The molecule has 5 heteroatoms. The van der Waals surface area contributed by atoms with E-state index in [1.165, 1.54) is 16.7 Å². The molecule has 30 heavy (non-hydrogen) atoms. The smallest absolute Gasteiger partial charge is 0.303 e. The Balaban J connectivity index is 1.44. The van der Waals surface area contributed by atoms with Gasteiger partial charge in [0.15, 0.2) is 0 Å². The van der Waals surface area contributed by atoms with Crippen LogP contribution in [0.15, 0.2) is 60.8 Å². The van der Waals surface area contributed by atoms with Crippen molar-refractivity contribution in [1.29, 1.82) is 0 Å². The number of hydrogen-bond acceptors (Lipinski definition) is 4. The van der Waals surface area contributed by atoms with E-state index in [0.717, 1.165) is 42.6 Å². The monoisotopic (exact) mass is 402 g/mol. The van der Waals surface area contributed by atoms with Gasteiger partial charge in [-0.3, -0.25) is 4.79 Å². The van der Waals surface area contributed by atoms with E-state index < -0.39 is 5.97 Å². The molecule has 0 bridgehead atoms. The summed E-state index contributed by atoms with van der Waals surface area (Å²) in [5.41, 5.74) is 11.7. The van der Waals surface area contributed by atoms with Gasteiger partial charge in [0.25, 0.3) is 0 Å². The lowest BCUT2D eigenvalue weighted by molar-refractivity contribution is -0.137. The van der Waals surface area contributed by atoms with Crippen LogP contribution < -0.4 is 10.5 Å². The molecule has 0 amide bonds. The number of aromatic nitrogens is 1. The number of fused-ring (bicyclic) bond motifs is 2. The first-order valence-corrected chi connectivity index (χ1v) is 10.3. The molecular formula is C25H26N2O3. The van der Waals surface area contributed by atoms with Crippen LogP contribution in [0.5, 0.6) is 5.75 Å². The van der Waals surface area contributed by atoms with Gasteiger partial charge in [0, 0.05) is 6.20 Å². The van der Waals surface area contributed by atoms with Gasteiger partial charge in [-0.15, -0.1) is 0 Å². The molecule has 3 aromatic rings. The number of rotatable bonds is 7. The predicted octanol–water partition coefficient (Wildman–Crippen LogP) is 4.38. The molecule has 0 unspecified atom stereocenters. The van der Waals surface area contributed by atoms with E-state index >= 15 is 0 Å². The normalized spacial score (nSPS) is 15.0. The summed E-state index contributed by atoms with van der Waals surface area (Å²) < 4.78 is 6.00. The summed E-state index contributed by atoms with van der Waals surface area (Å²) in [5.74, 6) is 0.645. The van der Waals surface area contributed by atoms with Gasteiger partial charge < -0.3 is 15.6 Å². The van der Waals surface area contributed by atoms with Crippen LogP contribution in [-0.2, 0) is 24.1 Å². The lowest BCUT2D eigenvalue weighted by atomic mass is 9.89. The summed E-state index contributed by atoms with van der Waals surface area (Å²) in [6, 6.07) is 18.3. The molecule has 0 saturated carbocycles. The van der Waals surface area contributed by atoms with Crippen molar-refractivity contribution in [3.05, 3.63) is 88.6 Å². The number of nitrogens with zero attached hydrogens (tertiary/aromatic N) is 1. The van der Waals surface area contributed by atoms with E-state index in [1.54, 1.807) is 6.20 Å². The van der Waals surface area contributed by atoms with Gasteiger partial charge in [-0.05, 0) is 83.7 Å². The summed E-state index contributed by atoms with van der Waals surface area (Å²) in [4.78, 5) is 15.4. The van der Waals surface area contributed by atoms with Crippen molar-refractivity contribution in [2.45, 2.75) is 38.0 Å². The minimum Gasteiger partial charge on any atom is -0.494 e. The van der Waals surface area contributed by atoms with Crippen molar-refractivity contribution >= 4 is 11.8 Å². The van der Waals surface area contributed by atoms with Gasteiger partial charge in [0.1, 0.15) is 11.6 Å². The van der Waals surface area contributed by atoms with Crippen LogP contribution in [0.4, 0.5) is 5.82 Å². The van der Waals surface area contributed by atoms with E-state index in [1.807, 2.05) is 30.3 Å². The zero-order valence-electron chi connectivity index (χ0n) is 16.9. The average Bonchev–Trinajstić information content (AvgIpc) is 2.87. The molecule has 1 aromatic heterocycles. The Bertz CT molecular complexity index is 1050. The summed E-state index contributed by atoms with van der Waals surface area (Å²) >= 11 is 0. The number of aryl methyl sites for hydroxylation is 1. The fourth-order valence-corrected chi connectivity index (χ4v) is 4.24. The first-order chi connectivity index (χ1) is 14.6. The minimum absolute atomic E-state index is 0.000447. The molecule has 2 aromatic carbocycles. The highest BCUT2D eigenvalue weighted by molar-refractivity contribution is 5.68. The third-order valence-corrected chi connectivity index (χ3v) is 5.66. The average molecular weight is 402 g/mol. The molecule has 3 N–H and O–H groups in total. The highest BCUT2D eigenvalue weighted by Crippen LogP contribution is 2.35. The standard InChI is InChI=1S/C25H26N2O3/c26-24-12-17(9-10-27-24)4-3-11-30-22-8-7-18-13-21(16-25(28)29)23-6-2-1-5-19(23)14-20(18)15-22/h1-2,5-10,12,15,21H,3-4,11,13-14,16H2,(H2,26,27)(H,28,29)/t21-/m0/s1. The first kappa shape index (κ1) is 20.0. The van der Waals surface area contributed by atoms with E-state index in [0.29, 0.717) is 12.4 Å². The first-order valence-electron chi connectivity index (χ1n) is 10.3. The predicted molar refractivity (Wildman–Crippen MR) is 117 cm³/mol. The fourth-order valence-electron chi connectivity index (χ4n) is 4.24. The number of carboxylic acids is 1. The van der Waals surface area contributed by atoms with E-state index in [2.05, 4.69) is 29.2 Å². The highest BCUT2D eigenvalue weighted by atomic mass is 16.5. The van der Waals surface area contributed by atoms with Crippen molar-refractivity contribution in [1.82, 2.24) is 4.98 Å². The number of aliphatic carboxylic acids is 1. The van der Waals surface area contributed by atoms with Gasteiger partial charge in [-0.2, -0.15) is 0 Å². The Labute approximate surface area is 176 Å². The Hall–Kier alpha value is -3.34. The zero-order chi connectivity index (χ0) is 20.9. The summed E-state index contributed by atoms with van der Waals surface area (Å²) in [6.45, 7) is 0.624. The van der Waals surface area contributed by atoms with Gasteiger partial charge in [-0.1, -0.05) is 30.3 Å². The number of ether oxygens (including phenoxy) is 1. The SMILES string of the molecule is Nc1cc(CCCOc2ccc3c(c2)Cc2ccccc2[C@H](CC(=O)O)C3)ccn1. The lowest BCUT2D eigenvalue weighted by Gasteiger charge is -2.16. The van der Waals surface area contributed by atoms with E-state index in [4.69, 9.17) is 10.5 Å². The molecule has 1 atom stereocenters. The molecule has 5 nitrogen and oxygen atoms in total. The minimum atomic E-state index is -0.755. The van der Waals surface area contributed by atoms with Crippen molar-refractivity contribution in [3.8, 4) is 5.75 Å². The maximum atomic E-state index is 11.4. The van der Waals surface area contributed by atoms with Crippen LogP contribution in [0.2, 0.25) is 0 Å². The van der Waals surface area contributed by atoms with Crippen LogP contribution in [0.25, 0.3) is 0 Å². The molecule has 0 aliphatic heterocycles. The fraction of sp³-hybridized carbons (Fsp3) is 0.280. The third-order valence-electron chi connectivity index (χ3n) is 5.66. The van der Waals surface area contributed by atoms with Gasteiger partial charge in [0.2, 0.25) is 0 Å². The zero-order valence-corrected chi connectivity index (χ0v) is 16.9. The molecule has 0 saturated heterocycles. The number of anilines is 1. The maximum absolute atomic E-state index is 11.4. The van der Waals surface area contributed by atoms with Gasteiger partial charge in [-0.25, -0.2) is 4.98 Å². The van der Waals surface area contributed by atoms with Crippen LogP contribution in [0, 0.1) is 0 Å². The highest BCUT2D eigenvalue weighted by Gasteiger charge is 2.24. The van der Waals surface area contributed by atoms with Gasteiger partial charge in [0.05, 0.1) is 13.0 Å². The quantitative estimate of drug-likeness (QED) is 0.573. The Morgan fingerprint density at radius 1 is 1.10 bits per heavy atom. The number of nitrogens with two attached hydrogens (primary N) is 1. The molecule has 1 heterocycles. The Morgan fingerprint density at radius 3 is 2.80 bits per heavy atom. The topological polar surface area (TPSA) is 85.4 Å². The summed E-state index contributed by atoms with van der Waals surface area (Å²) in [7, 11) is 0. The summed E-state index contributed by atoms with van der Waals surface area (Å²) in [5, 5.41) is 9.36. The van der Waals surface area contributed by atoms with E-state index in [9.17, 15) is 9.90 Å². The molecule has 1 aliphatic rings. The number of pyridine rings is 1. The Kier molecular flexibility index (Phi) is 5.98. The van der Waals surface area contributed by atoms with Crippen LogP contribution >= 0.6 is 0 Å². The van der Waals surface area contributed by atoms with Crippen LogP contribution in [0.1, 0.15) is 46.6 Å². The second-order valence-corrected chi connectivity index (χ2v) is 7.85. The molecule has 0 fully saturated rings.